The quantitative estimate of drug-likeness (QED) is 0.889. The summed E-state index contributed by atoms with van der Waals surface area (Å²) in [7, 11) is 2.00. The Morgan fingerprint density at radius 3 is 2.94 bits per heavy atom. The second-order valence-corrected chi connectivity index (χ2v) is 5.94. The largest absolute Gasteiger partial charge is 0.377 e. The summed E-state index contributed by atoms with van der Waals surface area (Å²) in [5.74, 6) is 0. The lowest BCUT2D eigenvalue weighted by Gasteiger charge is -2.16. The van der Waals surface area contributed by atoms with Crippen molar-refractivity contribution >= 4 is 11.8 Å². The maximum absolute atomic E-state index is 5.62. The SMILES string of the molecule is CNCc1cc(C)ccc1SC1CCOC1C. The Kier molecular flexibility index (Phi) is 4.48. The van der Waals surface area contributed by atoms with Crippen molar-refractivity contribution in [2.75, 3.05) is 13.7 Å². The zero-order valence-electron chi connectivity index (χ0n) is 10.8. The highest BCUT2D eigenvalue weighted by molar-refractivity contribution is 8.00. The van der Waals surface area contributed by atoms with Crippen molar-refractivity contribution in [1.29, 1.82) is 0 Å². The average molecular weight is 251 g/mol. The lowest BCUT2D eigenvalue weighted by molar-refractivity contribution is 0.127. The molecule has 2 rings (SSSR count). The van der Waals surface area contributed by atoms with Crippen LogP contribution in [0.3, 0.4) is 0 Å². The Morgan fingerprint density at radius 1 is 1.47 bits per heavy atom. The molecule has 1 aromatic rings. The molecule has 1 saturated heterocycles. The van der Waals surface area contributed by atoms with E-state index in [4.69, 9.17) is 4.74 Å². The molecule has 94 valence electrons. The Morgan fingerprint density at radius 2 is 2.29 bits per heavy atom. The molecule has 0 aliphatic carbocycles. The molecule has 0 spiro atoms. The van der Waals surface area contributed by atoms with Gasteiger partial charge in [-0.1, -0.05) is 17.7 Å². The number of ether oxygens (including phenoxy) is 1. The number of aryl methyl sites for hydroxylation is 1. The molecule has 2 nitrogen and oxygen atoms in total. The fourth-order valence-electron chi connectivity index (χ4n) is 2.18. The van der Waals surface area contributed by atoms with Crippen LogP contribution < -0.4 is 5.32 Å². The van der Waals surface area contributed by atoms with Crippen molar-refractivity contribution in [3.05, 3.63) is 29.3 Å². The minimum Gasteiger partial charge on any atom is -0.377 e. The third-order valence-electron chi connectivity index (χ3n) is 3.17. The summed E-state index contributed by atoms with van der Waals surface area (Å²) < 4.78 is 5.62. The van der Waals surface area contributed by atoms with E-state index in [1.165, 1.54) is 22.4 Å². The summed E-state index contributed by atoms with van der Waals surface area (Å²) in [6.07, 6.45) is 1.54. The van der Waals surface area contributed by atoms with Crippen molar-refractivity contribution in [2.24, 2.45) is 0 Å². The first-order valence-electron chi connectivity index (χ1n) is 6.23. The molecular formula is C14H21NOS. The number of benzene rings is 1. The van der Waals surface area contributed by atoms with E-state index >= 15 is 0 Å². The molecule has 0 radical (unpaired) electrons. The van der Waals surface area contributed by atoms with Gasteiger partial charge >= 0.3 is 0 Å². The van der Waals surface area contributed by atoms with E-state index in [0.717, 1.165) is 13.2 Å². The zero-order chi connectivity index (χ0) is 12.3. The maximum Gasteiger partial charge on any atom is 0.0669 e. The molecule has 1 N–H and O–H groups in total. The third kappa shape index (κ3) is 3.24. The molecule has 1 aromatic carbocycles. The van der Waals surface area contributed by atoms with Gasteiger partial charge in [0.15, 0.2) is 0 Å². The maximum atomic E-state index is 5.62. The molecule has 2 unspecified atom stereocenters. The molecule has 3 heteroatoms. The highest BCUT2D eigenvalue weighted by atomic mass is 32.2. The second kappa shape index (κ2) is 5.89. The van der Waals surface area contributed by atoms with Crippen LogP contribution in [-0.4, -0.2) is 25.0 Å². The van der Waals surface area contributed by atoms with E-state index in [2.05, 4.69) is 37.4 Å². The fraction of sp³-hybridized carbons (Fsp3) is 0.571. The van der Waals surface area contributed by atoms with Gasteiger partial charge in [0.2, 0.25) is 0 Å². The van der Waals surface area contributed by atoms with Crippen LogP contribution in [0.4, 0.5) is 0 Å². The summed E-state index contributed by atoms with van der Waals surface area (Å²) in [5.41, 5.74) is 2.73. The van der Waals surface area contributed by atoms with E-state index in [1.807, 2.05) is 18.8 Å². The number of thioether (sulfide) groups is 1. The molecule has 0 amide bonds. The second-order valence-electron chi connectivity index (χ2n) is 4.66. The number of hydrogen-bond acceptors (Lipinski definition) is 3. The van der Waals surface area contributed by atoms with E-state index in [-0.39, 0.29) is 0 Å². The molecule has 1 fully saturated rings. The van der Waals surface area contributed by atoms with Crippen LogP contribution in [0.25, 0.3) is 0 Å². The summed E-state index contributed by atoms with van der Waals surface area (Å²) in [4.78, 5) is 1.40. The van der Waals surface area contributed by atoms with Gasteiger partial charge in [0.25, 0.3) is 0 Å². The molecule has 17 heavy (non-hydrogen) atoms. The normalized spacial score (nSPS) is 24.2. The number of hydrogen-bond donors (Lipinski definition) is 1. The van der Waals surface area contributed by atoms with Gasteiger partial charge in [-0.15, -0.1) is 11.8 Å². The standard InChI is InChI=1S/C14H21NOS/c1-10-4-5-14(12(8-10)9-15-3)17-13-6-7-16-11(13)2/h4-5,8,11,13,15H,6-7,9H2,1-3H3. The number of rotatable bonds is 4. The van der Waals surface area contributed by atoms with Gasteiger partial charge in [-0.05, 0) is 38.9 Å². The molecule has 1 aliphatic rings. The predicted molar refractivity (Wildman–Crippen MR) is 73.6 cm³/mol. The highest BCUT2D eigenvalue weighted by Crippen LogP contribution is 2.34. The molecule has 1 aliphatic heterocycles. The van der Waals surface area contributed by atoms with Gasteiger partial charge in [0.1, 0.15) is 0 Å². The monoisotopic (exact) mass is 251 g/mol. The zero-order valence-corrected chi connectivity index (χ0v) is 11.6. The smallest absolute Gasteiger partial charge is 0.0669 e. The lowest BCUT2D eigenvalue weighted by atomic mass is 10.1. The van der Waals surface area contributed by atoms with E-state index in [9.17, 15) is 0 Å². The lowest BCUT2D eigenvalue weighted by Crippen LogP contribution is -2.14. The molecule has 2 atom stereocenters. The van der Waals surface area contributed by atoms with Gasteiger partial charge in [-0.3, -0.25) is 0 Å². The Balaban J connectivity index is 2.13. The first-order valence-corrected chi connectivity index (χ1v) is 7.11. The molecule has 0 saturated carbocycles. The van der Waals surface area contributed by atoms with Crippen molar-refractivity contribution in [3.8, 4) is 0 Å². The summed E-state index contributed by atoms with van der Waals surface area (Å²) in [6.45, 7) is 6.17. The first kappa shape index (κ1) is 12.9. The highest BCUT2D eigenvalue weighted by Gasteiger charge is 2.25. The summed E-state index contributed by atoms with van der Waals surface area (Å²) >= 11 is 1.97. The van der Waals surface area contributed by atoms with Crippen LogP contribution in [0.5, 0.6) is 0 Å². The molecule has 0 aromatic heterocycles. The van der Waals surface area contributed by atoms with Crippen LogP contribution in [0.15, 0.2) is 23.1 Å². The molecular weight excluding hydrogens is 230 g/mol. The Bertz CT molecular complexity index is 380. The van der Waals surface area contributed by atoms with E-state index < -0.39 is 0 Å². The van der Waals surface area contributed by atoms with Crippen molar-refractivity contribution in [2.45, 2.75) is 43.1 Å². The van der Waals surface area contributed by atoms with Gasteiger partial charge in [0, 0.05) is 23.3 Å². The van der Waals surface area contributed by atoms with Crippen LogP contribution >= 0.6 is 11.8 Å². The third-order valence-corrected chi connectivity index (χ3v) is 4.74. The first-order chi connectivity index (χ1) is 8.20. The van der Waals surface area contributed by atoms with Gasteiger partial charge < -0.3 is 10.1 Å². The predicted octanol–water partition coefficient (Wildman–Crippen LogP) is 2.98. The molecule has 0 bridgehead atoms. The van der Waals surface area contributed by atoms with Crippen molar-refractivity contribution < 1.29 is 4.74 Å². The van der Waals surface area contributed by atoms with E-state index in [0.29, 0.717) is 11.4 Å². The van der Waals surface area contributed by atoms with E-state index in [1.54, 1.807) is 0 Å². The van der Waals surface area contributed by atoms with Gasteiger partial charge in [0.05, 0.1) is 6.10 Å². The van der Waals surface area contributed by atoms with Gasteiger partial charge in [-0.2, -0.15) is 0 Å². The van der Waals surface area contributed by atoms with Crippen LogP contribution in [0.1, 0.15) is 24.5 Å². The topological polar surface area (TPSA) is 21.3 Å². The van der Waals surface area contributed by atoms with Gasteiger partial charge in [-0.25, -0.2) is 0 Å². The minimum absolute atomic E-state index is 0.378. The summed E-state index contributed by atoms with van der Waals surface area (Å²) in [6, 6.07) is 6.72. The minimum atomic E-state index is 0.378. The van der Waals surface area contributed by atoms with Crippen LogP contribution in [0, 0.1) is 6.92 Å². The number of nitrogens with one attached hydrogen (secondary N) is 1. The fourth-order valence-corrected chi connectivity index (χ4v) is 3.42. The molecule has 1 heterocycles. The Labute approximate surface area is 108 Å². The van der Waals surface area contributed by atoms with Crippen LogP contribution in [-0.2, 0) is 11.3 Å². The summed E-state index contributed by atoms with van der Waals surface area (Å²) in [5, 5.41) is 3.85. The van der Waals surface area contributed by atoms with Crippen molar-refractivity contribution in [1.82, 2.24) is 5.32 Å². The average Bonchev–Trinajstić information content (AvgIpc) is 2.69. The van der Waals surface area contributed by atoms with Crippen molar-refractivity contribution in [3.63, 3.8) is 0 Å². The Hall–Kier alpha value is -0.510. The van der Waals surface area contributed by atoms with Crippen LogP contribution in [0.2, 0.25) is 0 Å².